The van der Waals surface area contributed by atoms with Crippen molar-refractivity contribution in [1.82, 2.24) is 0 Å². The van der Waals surface area contributed by atoms with Crippen molar-refractivity contribution in [2.24, 2.45) is 5.73 Å². The van der Waals surface area contributed by atoms with Crippen molar-refractivity contribution in [3.63, 3.8) is 0 Å². The van der Waals surface area contributed by atoms with Crippen LogP contribution in [0.3, 0.4) is 0 Å². The van der Waals surface area contributed by atoms with Crippen molar-refractivity contribution in [3.8, 4) is 0 Å². The van der Waals surface area contributed by atoms with Gasteiger partial charge in [0, 0.05) is 12.0 Å². The van der Waals surface area contributed by atoms with Gasteiger partial charge in [-0.05, 0) is 31.2 Å². The molecule has 1 unspecified atom stereocenters. The Kier molecular flexibility index (Phi) is 3.22. The number of benzene rings is 1. The molecule has 0 saturated heterocycles. The molecule has 4 heteroatoms. The molecule has 0 aliphatic rings. The van der Waals surface area contributed by atoms with Gasteiger partial charge in [-0.3, -0.25) is 0 Å². The van der Waals surface area contributed by atoms with E-state index in [4.69, 9.17) is 14.9 Å². The van der Waals surface area contributed by atoms with E-state index in [0.29, 0.717) is 24.6 Å². The predicted molar refractivity (Wildman–Crippen MR) is 59.6 cm³/mol. The summed E-state index contributed by atoms with van der Waals surface area (Å²) in [5, 5.41) is 0.724. The first-order valence-electron chi connectivity index (χ1n) is 5.23. The molecule has 2 aromatic rings. The SMILES string of the molecule is CCOCC(N)c1cc2cc(F)ccc2o1. The third-order valence-corrected chi connectivity index (χ3v) is 2.36. The minimum Gasteiger partial charge on any atom is -0.459 e. The van der Waals surface area contributed by atoms with E-state index in [-0.39, 0.29) is 11.9 Å². The monoisotopic (exact) mass is 223 g/mol. The fourth-order valence-electron chi connectivity index (χ4n) is 1.54. The molecule has 1 aromatic carbocycles. The number of furan rings is 1. The van der Waals surface area contributed by atoms with E-state index in [1.807, 2.05) is 6.92 Å². The van der Waals surface area contributed by atoms with Gasteiger partial charge in [-0.15, -0.1) is 0 Å². The standard InChI is InChI=1S/C12H14FNO2/c1-2-15-7-10(14)12-6-8-5-9(13)3-4-11(8)16-12/h3-6,10H,2,7,14H2,1H3. The molecular weight excluding hydrogens is 209 g/mol. The number of ether oxygens (including phenoxy) is 1. The molecule has 0 saturated carbocycles. The van der Waals surface area contributed by atoms with E-state index in [0.717, 1.165) is 5.39 Å². The van der Waals surface area contributed by atoms with E-state index in [2.05, 4.69) is 0 Å². The quantitative estimate of drug-likeness (QED) is 0.866. The lowest BCUT2D eigenvalue weighted by Gasteiger charge is -2.07. The molecule has 1 aromatic heterocycles. The third kappa shape index (κ3) is 2.23. The van der Waals surface area contributed by atoms with E-state index in [1.165, 1.54) is 12.1 Å². The molecule has 1 atom stereocenters. The second-order valence-corrected chi connectivity index (χ2v) is 3.60. The number of halogens is 1. The van der Waals surface area contributed by atoms with Crippen LogP contribution in [0, 0.1) is 5.82 Å². The number of hydrogen-bond acceptors (Lipinski definition) is 3. The fourth-order valence-corrected chi connectivity index (χ4v) is 1.54. The Balaban J connectivity index is 2.25. The number of nitrogens with two attached hydrogens (primary N) is 1. The highest BCUT2D eigenvalue weighted by atomic mass is 19.1. The van der Waals surface area contributed by atoms with E-state index in [1.54, 1.807) is 12.1 Å². The Morgan fingerprint density at radius 2 is 2.25 bits per heavy atom. The van der Waals surface area contributed by atoms with Crippen LogP contribution in [-0.4, -0.2) is 13.2 Å². The highest BCUT2D eigenvalue weighted by Gasteiger charge is 2.12. The van der Waals surface area contributed by atoms with Gasteiger partial charge in [-0.1, -0.05) is 0 Å². The minimum atomic E-state index is -0.310. The van der Waals surface area contributed by atoms with Crippen LogP contribution < -0.4 is 5.73 Å². The van der Waals surface area contributed by atoms with Crippen LogP contribution in [0.5, 0.6) is 0 Å². The van der Waals surface area contributed by atoms with Gasteiger partial charge >= 0.3 is 0 Å². The maximum Gasteiger partial charge on any atom is 0.134 e. The van der Waals surface area contributed by atoms with Gasteiger partial charge in [0.2, 0.25) is 0 Å². The lowest BCUT2D eigenvalue weighted by molar-refractivity contribution is 0.128. The molecule has 0 aliphatic heterocycles. The zero-order valence-electron chi connectivity index (χ0n) is 9.07. The largest absolute Gasteiger partial charge is 0.459 e. The fraction of sp³-hybridized carbons (Fsp3) is 0.333. The first-order chi connectivity index (χ1) is 7.70. The Hall–Kier alpha value is -1.39. The van der Waals surface area contributed by atoms with Crippen LogP contribution >= 0.6 is 0 Å². The lowest BCUT2D eigenvalue weighted by atomic mass is 10.2. The summed E-state index contributed by atoms with van der Waals surface area (Å²) in [5.41, 5.74) is 6.51. The van der Waals surface area contributed by atoms with Crippen LogP contribution in [0.1, 0.15) is 18.7 Å². The van der Waals surface area contributed by atoms with Gasteiger partial charge in [0.05, 0.1) is 12.6 Å². The molecule has 86 valence electrons. The first kappa shape index (κ1) is 11.1. The number of fused-ring (bicyclic) bond motifs is 1. The van der Waals surface area contributed by atoms with Crippen molar-refractivity contribution in [3.05, 3.63) is 35.8 Å². The van der Waals surface area contributed by atoms with Crippen molar-refractivity contribution < 1.29 is 13.5 Å². The molecule has 0 bridgehead atoms. The van der Waals surface area contributed by atoms with Gasteiger partial charge < -0.3 is 14.9 Å². The number of rotatable bonds is 4. The second kappa shape index (κ2) is 4.63. The Morgan fingerprint density at radius 3 is 3.00 bits per heavy atom. The molecule has 0 amide bonds. The van der Waals surface area contributed by atoms with Crippen molar-refractivity contribution in [2.75, 3.05) is 13.2 Å². The maximum atomic E-state index is 13.0. The molecule has 3 nitrogen and oxygen atoms in total. The first-order valence-corrected chi connectivity index (χ1v) is 5.23. The molecule has 16 heavy (non-hydrogen) atoms. The van der Waals surface area contributed by atoms with Gasteiger partial charge in [0.1, 0.15) is 17.2 Å². The van der Waals surface area contributed by atoms with E-state index < -0.39 is 0 Å². The summed E-state index contributed by atoms with van der Waals surface area (Å²) in [4.78, 5) is 0. The molecule has 1 heterocycles. The Labute approximate surface area is 93.0 Å². The highest BCUT2D eigenvalue weighted by Crippen LogP contribution is 2.23. The molecule has 2 rings (SSSR count). The van der Waals surface area contributed by atoms with Crippen LogP contribution in [0.15, 0.2) is 28.7 Å². The van der Waals surface area contributed by atoms with E-state index in [9.17, 15) is 4.39 Å². The zero-order chi connectivity index (χ0) is 11.5. The molecule has 2 N–H and O–H groups in total. The van der Waals surface area contributed by atoms with Crippen LogP contribution in [0.25, 0.3) is 11.0 Å². The summed E-state index contributed by atoms with van der Waals surface area (Å²) >= 11 is 0. The van der Waals surface area contributed by atoms with Crippen LogP contribution in [0.2, 0.25) is 0 Å². The normalized spacial score (nSPS) is 13.2. The van der Waals surface area contributed by atoms with Crippen LogP contribution in [0.4, 0.5) is 4.39 Å². The minimum absolute atomic E-state index is 0.279. The lowest BCUT2D eigenvalue weighted by Crippen LogP contribution is -2.16. The van der Waals surface area contributed by atoms with Gasteiger partial charge in [0.15, 0.2) is 0 Å². The average Bonchev–Trinajstić information content (AvgIpc) is 2.68. The van der Waals surface area contributed by atoms with Gasteiger partial charge in [-0.25, -0.2) is 4.39 Å². The van der Waals surface area contributed by atoms with Crippen molar-refractivity contribution in [2.45, 2.75) is 13.0 Å². The Morgan fingerprint density at radius 1 is 1.44 bits per heavy atom. The average molecular weight is 223 g/mol. The topological polar surface area (TPSA) is 48.4 Å². The summed E-state index contributed by atoms with van der Waals surface area (Å²) in [6.07, 6.45) is 0. The van der Waals surface area contributed by atoms with Gasteiger partial charge in [-0.2, -0.15) is 0 Å². The number of hydrogen-bond donors (Lipinski definition) is 1. The highest BCUT2D eigenvalue weighted by molar-refractivity contribution is 5.77. The molecular formula is C12H14FNO2. The molecule has 0 aliphatic carbocycles. The van der Waals surface area contributed by atoms with Crippen molar-refractivity contribution in [1.29, 1.82) is 0 Å². The summed E-state index contributed by atoms with van der Waals surface area (Å²) in [5.74, 6) is 0.340. The third-order valence-electron chi connectivity index (χ3n) is 2.36. The molecule has 0 radical (unpaired) electrons. The van der Waals surface area contributed by atoms with Gasteiger partial charge in [0.25, 0.3) is 0 Å². The van der Waals surface area contributed by atoms with Crippen molar-refractivity contribution >= 4 is 11.0 Å². The zero-order valence-corrected chi connectivity index (χ0v) is 9.07. The predicted octanol–water partition coefficient (Wildman–Crippen LogP) is 2.61. The Bertz CT molecular complexity index is 481. The maximum absolute atomic E-state index is 13.0. The van der Waals surface area contributed by atoms with E-state index >= 15 is 0 Å². The summed E-state index contributed by atoms with van der Waals surface area (Å²) < 4.78 is 23.7. The summed E-state index contributed by atoms with van der Waals surface area (Å²) in [7, 11) is 0. The molecule has 0 spiro atoms. The second-order valence-electron chi connectivity index (χ2n) is 3.60. The van der Waals surface area contributed by atoms with Crippen LogP contribution in [-0.2, 0) is 4.74 Å². The smallest absolute Gasteiger partial charge is 0.134 e. The molecule has 0 fully saturated rings. The summed E-state index contributed by atoms with van der Waals surface area (Å²) in [6.45, 7) is 2.92. The summed E-state index contributed by atoms with van der Waals surface area (Å²) in [6, 6.07) is 5.83.